The number of carbonyl (C=O) groups excluding carboxylic acids is 2. The highest BCUT2D eigenvalue weighted by atomic mass is 35.5. The van der Waals surface area contributed by atoms with Crippen molar-refractivity contribution in [2.75, 3.05) is 18.0 Å². The van der Waals surface area contributed by atoms with Gasteiger partial charge in [0.2, 0.25) is 11.8 Å². The zero-order valence-corrected chi connectivity index (χ0v) is 9.68. The Morgan fingerprint density at radius 3 is 2.75 bits per heavy atom. The highest BCUT2D eigenvalue weighted by molar-refractivity contribution is 6.44. The van der Waals surface area contributed by atoms with Crippen molar-refractivity contribution in [3.8, 4) is 0 Å². The Hall–Kier alpha value is -1.26. The lowest BCUT2D eigenvalue weighted by atomic mass is 10.2. The van der Waals surface area contributed by atoms with Crippen molar-refractivity contribution >= 4 is 40.7 Å². The fourth-order valence-corrected chi connectivity index (χ4v) is 1.88. The van der Waals surface area contributed by atoms with Gasteiger partial charge in [-0.15, -0.1) is 0 Å². The monoisotopic (exact) mass is 258 g/mol. The minimum atomic E-state index is -0.212. The molecule has 1 heterocycles. The van der Waals surface area contributed by atoms with E-state index in [1.807, 2.05) is 0 Å². The van der Waals surface area contributed by atoms with Gasteiger partial charge < -0.3 is 5.32 Å². The topological polar surface area (TPSA) is 49.4 Å². The zero-order chi connectivity index (χ0) is 11.7. The van der Waals surface area contributed by atoms with E-state index in [1.54, 1.807) is 18.2 Å². The van der Waals surface area contributed by atoms with E-state index >= 15 is 0 Å². The molecular weight excluding hydrogens is 251 g/mol. The molecule has 2 amide bonds. The Morgan fingerprint density at radius 1 is 1.25 bits per heavy atom. The first-order valence-electron chi connectivity index (χ1n) is 4.60. The average Bonchev–Trinajstić information content (AvgIpc) is 2.26. The van der Waals surface area contributed by atoms with Gasteiger partial charge in [-0.25, -0.2) is 0 Å². The van der Waals surface area contributed by atoms with Gasteiger partial charge >= 0.3 is 0 Å². The Bertz CT molecular complexity index is 462. The Kier molecular flexibility index (Phi) is 3.03. The summed E-state index contributed by atoms with van der Waals surface area (Å²) < 4.78 is 0. The normalized spacial score (nSPS) is 16.2. The minimum Gasteiger partial charge on any atom is -0.345 e. The number of anilines is 1. The fourth-order valence-electron chi connectivity index (χ4n) is 1.48. The lowest BCUT2D eigenvalue weighted by Gasteiger charge is -2.27. The molecule has 0 atom stereocenters. The van der Waals surface area contributed by atoms with E-state index in [0.29, 0.717) is 10.7 Å². The first kappa shape index (κ1) is 11.2. The molecule has 0 bridgehead atoms. The molecule has 1 fully saturated rings. The molecule has 1 saturated heterocycles. The van der Waals surface area contributed by atoms with Crippen LogP contribution in [0.15, 0.2) is 18.2 Å². The summed E-state index contributed by atoms with van der Waals surface area (Å²) in [6.07, 6.45) is 0. The first-order valence-corrected chi connectivity index (χ1v) is 5.36. The summed E-state index contributed by atoms with van der Waals surface area (Å²) in [4.78, 5) is 24.1. The fraction of sp³-hybridized carbons (Fsp3) is 0.200. The van der Waals surface area contributed by atoms with Gasteiger partial charge in [0.25, 0.3) is 0 Å². The average molecular weight is 259 g/mol. The first-order chi connectivity index (χ1) is 7.59. The van der Waals surface area contributed by atoms with Gasteiger partial charge in [0.15, 0.2) is 0 Å². The van der Waals surface area contributed by atoms with Crippen LogP contribution < -0.4 is 10.2 Å². The molecule has 2 rings (SSSR count). The van der Waals surface area contributed by atoms with Crippen LogP contribution in [-0.2, 0) is 9.59 Å². The maximum Gasteiger partial charge on any atom is 0.246 e. The van der Waals surface area contributed by atoms with Crippen LogP contribution in [0.1, 0.15) is 0 Å². The van der Waals surface area contributed by atoms with Crippen LogP contribution in [0, 0.1) is 0 Å². The van der Waals surface area contributed by atoms with E-state index in [2.05, 4.69) is 5.32 Å². The smallest absolute Gasteiger partial charge is 0.246 e. The number of hydrogen-bond acceptors (Lipinski definition) is 2. The number of nitrogens with one attached hydrogen (secondary N) is 1. The van der Waals surface area contributed by atoms with Crippen molar-refractivity contribution in [3.05, 3.63) is 28.2 Å². The van der Waals surface area contributed by atoms with Crippen molar-refractivity contribution in [2.45, 2.75) is 0 Å². The van der Waals surface area contributed by atoms with Gasteiger partial charge in [-0.1, -0.05) is 29.3 Å². The predicted octanol–water partition coefficient (Wildman–Crippen LogP) is 1.46. The van der Waals surface area contributed by atoms with E-state index in [1.165, 1.54) is 4.90 Å². The number of rotatable bonds is 1. The van der Waals surface area contributed by atoms with Gasteiger partial charge in [-0.2, -0.15) is 0 Å². The quantitative estimate of drug-likeness (QED) is 0.829. The molecule has 1 aromatic rings. The van der Waals surface area contributed by atoms with Gasteiger partial charge in [0, 0.05) is 0 Å². The van der Waals surface area contributed by atoms with Crippen LogP contribution in [0.5, 0.6) is 0 Å². The number of piperazine rings is 1. The van der Waals surface area contributed by atoms with E-state index in [-0.39, 0.29) is 29.9 Å². The zero-order valence-electron chi connectivity index (χ0n) is 8.17. The molecule has 0 saturated carbocycles. The van der Waals surface area contributed by atoms with Gasteiger partial charge in [0.1, 0.15) is 6.54 Å². The standard InChI is InChI=1S/C10H8Cl2N2O2/c11-6-2-1-3-7(10(6)12)14-5-8(15)13-4-9(14)16/h1-3H,4-5H2,(H,13,15). The summed E-state index contributed by atoms with van der Waals surface area (Å²) in [7, 11) is 0. The second kappa shape index (κ2) is 4.31. The number of benzene rings is 1. The molecule has 0 aromatic heterocycles. The molecule has 16 heavy (non-hydrogen) atoms. The van der Waals surface area contributed by atoms with Gasteiger partial charge in [-0.05, 0) is 12.1 Å². The van der Waals surface area contributed by atoms with Crippen LogP contribution in [0.2, 0.25) is 10.0 Å². The van der Waals surface area contributed by atoms with Crippen molar-refractivity contribution in [2.24, 2.45) is 0 Å². The Balaban J connectivity index is 2.39. The lowest BCUT2D eigenvalue weighted by molar-refractivity contribution is -0.128. The SMILES string of the molecule is O=C1CN(c2cccc(Cl)c2Cl)C(=O)CN1. The molecule has 0 aliphatic carbocycles. The molecule has 84 valence electrons. The number of carbonyl (C=O) groups is 2. The van der Waals surface area contributed by atoms with Crippen LogP contribution in [0.3, 0.4) is 0 Å². The number of hydrogen-bond donors (Lipinski definition) is 1. The Labute approximate surface area is 102 Å². The van der Waals surface area contributed by atoms with Gasteiger partial charge in [0.05, 0.1) is 22.3 Å². The van der Waals surface area contributed by atoms with Gasteiger partial charge in [-0.3, -0.25) is 14.5 Å². The lowest BCUT2D eigenvalue weighted by Crippen LogP contribution is -2.51. The van der Waals surface area contributed by atoms with E-state index < -0.39 is 0 Å². The number of halogens is 2. The molecule has 0 radical (unpaired) electrons. The van der Waals surface area contributed by atoms with Crippen molar-refractivity contribution in [1.82, 2.24) is 5.32 Å². The van der Waals surface area contributed by atoms with Crippen molar-refractivity contribution in [1.29, 1.82) is 0 Å². The number of amides is 2. The summed E-state index contributed by atoms with van der Waals surface area (Å²) >= 11 is 11.8. The molecule has 1 aromatic carbocycles. The molecule has 1 aliphatic heterocycles. The molecule has 6 heteroatoms. The van der Waals surface area contributed by atoms with Crippen LogP contribution in [-0.4, -0.2) is 24.9 Å². The third-order valence-corrected chi connectivity index (χ3v) is 3.07. The van der Waals surface area contributed by atoms with Crippen LogP contribution in [0.25, 0.3) is 0 Å². The predicted molar refractivity (Wildman–Crippen MR) is 61.8 cm³/mol. The molecule has 1 aliphatic rings. The maximum atomic E-state index is 11.6. The third kappa shape index (κ3) is 1.99. The molecular formula is C10H8Cl2N2O2. The maximum absolute atomic E-state index is 11.6. The van der Waals surface area contributed by atoms with Crippen molar-refractivity contribution < 1.29 is 9.59 Å². The highest BCUT2D eigenvalue weighted by Crippen LogP contribution is 2.32. The Morgan fingerprint density at radius 2 is 2.00 bits per heavy atom. The largest absolute Gasteiger partial charge is 0.345 e. The van der Waals surface area contributed by atoms with E-state index in [0.717, 1.165) is 0 Å². The summed E-state index contributed by atoms with van der Waals surface area (Å²) in [5.41, 5.74) is 0.467. The second-order valence-electron chi connectivity index (χ2n) is 3.33. The summed E-state index contributed by atoms with van der Waals surface area (Å²) in [5, 5.41) is 3.10. The van der Waals surface area contributed by atoms with Crippen LogP contribution in [0.4, 0.5) is 5.69 Å². The highest BCUT2D eigenvalue weighted by Gasteiger charge is 2.26. The molecule has 4 nitrogen and oxygen atoms in total. The number of nitrogens with zero attached hydrogens (tertiary/aromatic N) is 1. The summed E-state index contributed by atoms with van der Waals surface area (Å²) in [6.45, 7) is -0.0411. The van der Waals surface area contributed by atoms with E-state index in [9.17, 15) is 9.59 Å². The summed E-state index contributed by atoms with van der Waals surface area (Å²) in [5.74, 6) is -0.417. The molecule has 0 spiro atoms. The third-order valence-electron chi connectivity index (χ3n) is 2.26. The second-order valence-corrected chi connectivity index (χ2v) is 4.11. The van der Waals surface area contributed by atoms with Crippen LogP contribution >= 0.6 is 23.2 Å². The minimum absolute atomic E-state index is 0.0122. The molecule has 1 N–H and O–H groups in total. The molecule has 0 unspecified atom stereocenters. The van der Waals surface area contributed by atoms with E-state index in [4.69, 9.17) is 23.2 Å². The summed E-state index contributed by atoms with van der Waals surface area (Å²) in [6, 6.07) is 4.97. The van der Waals surface area contributed by atoms with Crippen molar-refractivity contribution in [3.63, 3.8) is 0 Å².